The maximum Gasteiger partial charge on any atom is 0.262 e. The number of halogens is 2. The van der Waals surface area contributed by atoms with Gasteiger partial charge >= 0.3 is 0 Å². The Morgan fingerprint density at radius 2 is 1.88 bits per heavy atom. The lowest BCUT2D eigenvalue weighted by atomic mass is 10.2. The van der Waals surface area contributed by atoms with Crippen LogP contribution in [0.15, 0.2) is 48.5 Å². The molecule has 5 nitrogen and oxygen atoms in total. The summed E-state index contributed by atoms with van der Waals surface area (Å²) in [6, 6.07) is 12.6. The van der Waals surface area contributed by atoms with Crippen molar-refractivity contribution in [2.75, 3.05) is 7.11 Å². The van der Waals surface area contributed by atoms with E-state index in [4.69, 9.17) is 40.2 Å². The molecule has 0 radical (unpaired) electrons. The SMILES string of the molecule is COc1ccc(CNC(=S)NNC(=O)/C=C/c2ccc(Cl)cc2Cl)cc1. The molecule has 3 N–H and O–H groups in total. The van der Waals surface area contributed by atoms with E-state index in [1.54, 1.807) is 31.4 Å². The van der Waals surface area contributed by atoms with Gasteiger partial charge in [0, 0.05) is 22.7 Å². The number of hydrogen-bond donors (Lipinski definition) is 3. The summed E-state index contributed by atoms with van der Waals surface area (Å²) in [5, 5.41) is 4.28. The van der Waals surface area contributed by atoms with Gasteiger partial charge in [-0.25, -0.2) is 0 Å². The lowest BCUT2D eigenvalue weighted by molar-refractivity contribution is -0.116. The average Bonchev–Trinajstić information content (AvgIpc) is 2.64. The molecule has 0 aromatic heterocycles. The van der Waals surface area contributed by atoms with Crippen LogP contribution in [0.5, 0.6) is 5.75 Å². The summed E-state index contributed by atoms with van der Waals surface area (Å²) < 4.78 is 5.10. The fourth-order valence-corrected chi connectivity index (χ4v) is 2.53. The molecule has 136 valence electrons. The number of amides is 1. The molecule has 2 aromatic carbocycles. The lowest BCUT2D eigenvalue weighted by Gasteiger charge is -2.11. The third-order valence-electron chi connectivity index (χ3n) is 3.29. The summed E-state index contributed by atoms with van der Waals surface area (Å²) in [6.45, 7) is 0.516. The van der Waals surface area contributed by atoms with Gasteiger partial charge in [0.15, 0.2) is 5.11 Å². The van der Waals surface area contributed by atoms with Crippen molar-refractivity contribution in [2.24, 2.45) is 0 Å². The predicted molar refractivity (Wildman–Crippen MR) is 109 cm³/mol. The van der Waals surface area contributed by atoms with Gasteiger partial charge in [0.05, 0.1) is 7.11 Å². The fraction of sp³-hybridized carbons (Fsp3) is 0.111. The first kappa shape index (κ1) is 20.0. The number of benzene rings is 2. The molecule has 0 saturated carbocycles. The zero-order valence-electron chi connectivity index (χ0n) is 13.9. The number of thiocarbonyl (C=S) groups is 1. The van der Waals surface area contributed by atoms with Crippen LogP contribution < -0.4 is 20.9 Å². The van der Waals surface area contributed by atoms with E-state index in [2.05, 4.69) is 16.2 Å². The Hall–Kier alpha value is -2.28. The van der Waals surface area contributed by atoms with Gasteiger partial charge < -0.3 is 10.1 Å². The van der Waals surface area contributed by atoms with E-state index in [1.807, 2.05) is 24.3 Å². The lowest BCUT2D eigenvalue weighted by Crippen LogP contribution is -2.45. The molecule has 1 amide bonds. The third-order valence-corrected chi connectivity index (χ3v) is 4.10. The van der Waals surface area contributed by atoms with Gasteiger partial charge in [0.2, 0.25) is 0 Å². The van der Waals surface area contributed by atoms with Crippen molar-refractivity contribution in [2.45, 2.75) is 6.54 Å². The van der Waals surface area contributed by atoms with Crippen LogP contribution in [0.3, 0.4) is 0 Å². The largest absolute Gasteiger partial charge is 0.497 e. The minimum absolute atomic E-state index is 0.298. The Kier molecular flexibility index (Phi) is 7.72. The quantitative estimate of drug-likeness (QED) is 0.399. The summed E-state index contributed by atoms with van der Waals surface area (Å²) in [5.74, 6) is 0.416. The van der Waals surface area contributed by atoms with Gasteiger partial charge in [-0.15, -0.1) is 0 Å². The van der Waals surface area contributed by atoms with Crippen molar-refractivity contribution < 1.29 is 9.53 Å². The van der Waals surface area contributed by atoms with Crippen LogP contribution in [0.4, 0.5) is 0 Å². The highest BCUT2D eigenvalue weighted by Crippen LogP contribution is 2.21. The van der Waals surface area contributed by atoms with Gasteiger partial charge in [0.25, 0.3) is 5.91 Å². The van der Waals surface area contributed by atoms with Gasteiger partial charge in [0.1, 0.15) is 5.75 Å². The fourth-order valence-electron chi connectivity index (χ4n) is 1.93. The zero-order valence-corrected chi connectivity index (χ0v) is 16.2. The van der Waals surface area contributed by atoms with Gasteiger partial charge in [-0.1, -0.05) is 41.4 Å². The number of carbonyl (C=O) groups is 1. The molecule has 0 aliphatic rings. The molecule has 2 rings (SSSR count). The molecular weight excluding hydrogens is 393 g/mol. The first-order chi connectivity index (χ1) is 12.5. The van der Waals surface area contributed by atoms with Crippen molar-refractivity contribution >= 4 is 52.5 Å². The summed E-state index contributed by atoms with van der Waals surface area (Å²) in [4.78, 5) is 11.8. The third kappa shape index (κ3) is 6.55. The summed E-state index contributed by atoms with van der Waals surface area (Å²) in [7, 11) is 1.62. The second kappa shape index (κ2) is 10.0. The molecule has 8 heteroatoms. The highest BCUT2D eigenvalue weighted by atomic mass is 35.5. The van der Waals surface area contributed by atoms with E-state index in [-0.39, 0.29) is 5.91 Å². The monoisotopic (exact) mass is 409 g/mol. The Labute approximate surface area is 167 Å². The van der Waals surface area contributed by atoms with Crippen LogP contribution in [0.2, 0.25) is 10.0 Å². The number of hydrogen-bond acceptors (Lipinski definition) is 3. The molecule has 0 fully saturated rings. The Morgan fingerprint density at radius 3 is 2.54 bits per heavy atom. The molecule has 0 unspecified atom stereocenters. The predicted octanol–water partition coefficient (Wildman–Crippen LogP) is 3.71. The number of ether oxygens (including phenoxy) is 1. The van der Waals surface area contributed by atoms with Crippen LogP contribution in [-0.2, 0) is 11.3 Å². The number of rotatable bonds is 5. The molecule has 0 aliphatic carbocycles. The Balaban J connectivity index is 1.75. The van der Waals surface area contributed by atoms with Crippen LogP contribution in [-0.4, -0.2) is 18.1 Å². The maximum atomic E-state index is 11.8. The van der Waals surface area contributed by atoms with Gasteiger partial charge in [-0.3, -0.25) is 15.6 Å². The number of methoxy groups -OCH3 is 1. The van der Waals surface area contributed by atoms with Crippen LogP contribution in [0.25, 0.3) is 6.08 Å². The molecule has 0 bridgehead atoms. The maximum absolute atomic E-state index is 11.8. The Bertz CT molecular complexity index is 811. The minimum Gasteiger partial charge on any atom is -0.497 e. The summed E-state index contributed by atoms with van der Waals surface area (Å²) >= 11 is 17.0. The summed E-state index contributed by atoms with van der Waals surface area (Å²) in [6.07, 6.45) is 2.93. The number of nitrogens with one attached hydrogen (secondary N) is 3. The number of hydrazine groups is 1. The first-order valence-electron chi connectivity index (χ1n) is 7.58. The standard InChI is InChI=1S/C18H17Cl2N3O2S/c1-25-15-7-2-12(3-8-15)11-21-18(26)23-22-17(24)9-5-13-4-6-14(19)10-16(13)20/h2-10H,11H2,1H3,(H,22,24)(H2,21,23,26)/b9-5+. The summed E-state index contributed by atoms with van der Waals surface area (Å²) in [5.41, 5.74) is 6.81. The molecule has 0 heterocycles. The van der Waals surface area contributed by atoms with E-state index in [1.165, 1.54) is 6.08 Å². The van der Waals surface area contributed by atoms with Crippen molar-refractivity contribution in [3.8, 4) is 5.75 Å². The van der Waals surface area contributed by atoms with E-state index in [9.17, 15) is 4.79 Å². The highest BCUT2D eigenvalue weighted by molar-refractivity contribution is 7.80. The normalized spacial score (nSPS) is 10.4. The van der Waals surface area contributed by atoms with Crippen molar-refractivity contribution in [1.29, 1.82) is 0 Å². The Morgan fingerprint density at radius 1 is 1.15 bits per heavy atom. The molecule has 0 saturated heterocycles. The van der Waals surface area contributed by atoms with E-state index in [0.29, 0.717) is 27.3 Å². The number of carbonyl (C=O) groups excluding carboxylic acids is 1. The van der Waals surface area contributed by atoms with Crippen molar-refractivity contribution in [1.82, 2.24) is 16.2 Å². The molecule has 26 heavy (non-hydrogen) atoms. The molecule has 0 atom stereocenters. The molecular formula is C18H17Cl2N3O2S. The van der Waals surface area contributed by atoms with Crippen molar-refractivity contribution in [3.63, 3.8) is 0 Å². The van der Waals surface area contributed by atoms with Gasteiger partial charge in [-0.2, -0.15) is 0 Å². The first-order valence-corrected chi connectivity index (χ1v) is 8.74. The van der Waals surface area contributed by atoms with E-state index in [0.717, 1.165) is 11.3 Å². The minimum atomic E-state index is -0.371. The van der Waals surface area contributed by atoms with E-state index < -0.39 is 0 Å². The molecule has 0 spiro atoms. The smallest absolute Gasteiger partial charge is 0.262 e. The van der Waals surface area contributed by atoms with Crippen LogP contribution in [0.1, 0.15) is 11.1 Å². The topological polar surface area (TPSA) is 62.4 Å². The zero-order chi connectivity index (χ0) is 18.9. The molecule has 2 aromatic rings. The second-order valence-electron chi connectivity index (χ2n) is 5.14. The van der Waals surface area contributed by atoms with Gasteiger partial charge in [-0.05, 0) is 53.7 Å². The van der Waals surface area contributed by atoms with E-state index >= 15 is 0 Å². The molecule has 0 aliphatic heterocycles. The van der Waals surface area contributed by atoms with Crippen LogP contribution in [0, 0.1) is 0 Å². The van der Waals surface area contributed by atoms with Crippen LogP contribution >= 0.6 is 35.4 Å². The van der Waals surface area contributed by atoms with Crippen molar-refractivity contribution in [3.05, 3.63) is 69.7 Å². The second-order valence-corrected chi connectivity index (χ2v) is 6.40. The highest BCUT2D eigenvalue weighted by Gasteiger charge is 2.01. The average molecular weight is 410 g/mol.